The number of carbonyl (C=O) groups excluding carboxylic acids is 1. The average molecular weight is 349 g/mol. The van der Waals surface area contributed by atoms with Crippen LogP contribution in [0.5, 0.6) is 5.75 Å². The second-order valence-electron chi connectivity index (χ2n) is 5.77. The van der Waals surface area contributed by atoms with Crippen molar-refractivity contribution in [1.29, 1.82) is 0 Å². The molecule has 2 aromatic carbocycles. The first-order valence-corrected chi connectivity index (χ1v) is 8.12. The molecular weight excluding hydrogens is 330 g/mol. The van der Waals surface area contributed by atoms with Gasteiger partial charge in [0.1, 0.15) is 11.4 Å². The summed E-state index contributed by atoms with van der Waals surface area (Å²) in [6, 6.07) is 19.6. The third-order valence-corrected chi connectivity index (χ3v) is 4.05. The smallest absolute Gasteiger partial charge is 0.272 e. The molecule has 1 aromatic heterocycles. The highest BCUT2D eigenvalue weighted by Crippen LogP contribution is 2.24. The summed E-state index contributed by atoms with van der Waals surface area (Å²) in [7, 11) is 3.12. The zero-order chi connectivity index (χ0) is 18.5. The first kappa shape index (κ1) is 17.4. The minimum atomic E-state index is -0.356. The lowest BCUT2D eigenvalue weighted by molar-refractivity contribution is 0.0935. The molecule has 0 bridgehead atoms. The minimum Gasteiger partial charge on any atom is -0.497 e. The van der Waals surface area contributed by atoms with Crippen LogP contribution >= 0.6 is 0 Å². The fraction of sp³-hybridized carbons (Fsp3) is 0.150. The number of ether oxygens (including phenoxy) is 1. The van der Waals surface area contributed by atoms with E-state index in [-0.39, 0.29) is 23.2 Å². The highest BCUT2D eigenvalue weighted by Gasteiger charge is 2.19. The van der Waals surface area contributed by atoms with Gasteiger partial charge in [0, 0.05) is 13.1 Å². The predicted molar refractivity (Wildman–Crippen MR) is 98.2 cm³/mol. The molecule has 1 N–H and O–H groups in total. The summed E-state index contributed by atoms with van der Waals surface area (Å²) in [5.41, 5.74) is 1.77. The Morgan fingerprint density at radius 1 is 1.00 bits per heavy atom. The van der Waals surface area contributed by atoms with E-state index in [1.807, 2.05) is 54.6 Å². The van der Waals surface area contributed by atoms with Gasteiger partial charge < -0.3 is 10.1 Å². The number of nitrogens with one attached hydrogen (secondary N) is 1. The number of carbonyl (C=O) groups is 1. The lowest BCUT2D eigenvalue weighted by atomic mass is 9.98. The molecule has 3 rings (SSSR count). The Bertz CT molecular complexity index is 950. The van der Waals surface area contributed by atoms with E-state index in [2.05, 4.69) is 10.4 Å². The average Bonchev–Trinajstić information content (AvgIpc) is 2.69. The number of hydrogen-bond donors (Lipinski definition) is 1. The molecule has 0 unspecified atom stereocenters. The molecule has 0 saturated carbocycles. The molecule has 0 spiro atoms. The Morgan fingerprint density at radius 3 is 2.27 bits per heavy atom. The van der Waals surface area contributed by atoms with Crippen LogP contribution in [0.1, 0.15) is 27.7 Å². The van der Waals surface area contributed by atoms with Crippen LogP contribution in [0.25, 0.3) is 0 Å². The molecule has 26 heavy (non-hydrogen) atoms. The largest absolute Gasteiger partial charge is 0.497 e. The van der Waals surface area contributed by atoms with Crippen molar-refractivity contribution in [2.45, 2.75) is 6.04 Å². The number of benzene rings is 2. The van der Waals surface area contributed by atoms with Gasteiger partial charge in [-0.15, -0.1) is 0 Å². The molecule has 0 aliphatic carbocycles. The molecular formula is C20H19N3O3. The molecule has 3 aromatic rings. The Hall–Kier alpha value is -3.41. The number of hydrogen-bond acceptors (Lipinski definition) is 4. The number of rotatable bonds is 5. The summed E-state index contributed by atoms with van der Waals surface area (Å²) >= 11 is 0. The molecule has 6 nitrogen and oxygen atoms in total. The van der Waals surface area contributed by atoms with Crippen molar-refractivity contribution in [3.05, 3.63) is 93.9 Å². The molecule has 6 heteroatoms. The van der Waals surface area contributed by atoms with Crippen molar-refractivity contribution in [3.8, 4) is 5.75 Å². The first-order chi connectivity index (χ1) is 12.6. The second-order valence-corrected chi connectivity index (χ2v) is 5.77. The molecule has 1 amide bonds. The van der Waals surface area contributed by atoms with E-state index in [0.717, 1.165) is 21.6 Å². The molecule has 1 atom stereocenters. The van der Waals surface area contributed by atoms with E-state index in [1.54, 1.807) is 7.11 Å². The van der Waals surface area contributed by atoms with E-state index in [9.17, 15) is 9.59 Å². The Morgan fingerprint density at radius 2 is 1.65 bits per heavy atom. The molecule has 0 fully saturated rings. The summed E-state index contributed by atoms with van der Waals surface area (Å²) in [5, 5.41) is 7.00. The summed E-state index contributed by atoms with van der Waals surface area (Å²) in [6.07, 6.45) is 0. The van der Waals surface area contributed by atoms with Crippen molar-refractivity contribution in [2.24, 2.45) is 7.05 Å². The van der Waals surface area contributed by atoms with Gasteiger partial charge in [-0.05, 0) is 29.3 Å². The lowest BCUT2D eigenvalue weighted by Gasteiger charge is -2.20. The third kappa shape index (κ3) is 3.80. The SMILES string of the molecule is COc1ccc([C@H](NC(=O)c2ccc(=O)n(C)n2)c2ccccc2)cc1. The molecule has 0 saturated heterocycles. The highest BCUT2D eigenvalue weighted by molar-refractivity contribution is 5.92. The van der Waals surface area contributed by atoms with Crippen molar-refractivity contribution < 1.29 is 9.53 Å². The van der Waals surface area contributed by atoms with E-state index in [4.69, 9.17) is 4.74 Å². The maximum Gasteiger partial charge on any atom is 0.272 e. The summed E-state index contributed by atoms with van der Waals surface area (Å²) in [4.78, 5) is 24.2. The van der Waals surface area contributed by atoms with Gasteiger partial charge in [0.25, 0.3) is 11.5 Å². The topological polar surface area (TPSA) is 73.2 Å². The fourth-order valence-electron chi connectivity index (χ4n) is 2.63. The van der Waals surface area contributed by atoms with E-state index < -0.39 is 0 Å². The van der Waals surface area contributed by atoms with Crippen molar-refractivity contribution in [2.75, 3.05) is 7.11 Å². The maximum atomic E-state index is 12.7. The van der Waals surface area contributed by atoms with Gasteiger partial charge in [-0.25, -0.2) is 4.68 Å². The fourth-order valence-corrected chi connectivity index (χ4v) is 2.63. The van der Waals surface area contributed by atoms with Gasteiger partial charge in [0.2, 0.25) is 0 Å². The van der Waals surface area contributed by atoms with Crippen LogP contribution in [-0.2, 0) is 7.05 Å². The number of nitrogens with zero attached hydrogens (tertiary/aromatic N) is 2. The Kier molecular flexibility index (Phi) is 5.12. The van der Waals surface area contributed by atoms with Gasteiger partial charge in [0.15, 0.2) is 0 Å². The monoisotopic (exact) mass is 349 g/mol. The Balaban J connectivity index is 1.93. The summed E-state index contributed by atoms with van der Waals surface area (Å²) in [5.74, 6) is 0.386. The molecule has 0 aliphatic heterocycles. The van der Waals surface area contributed by atoms with Crippen LogP contribution in [0.15, 0.2) is 71.5 Å². The normalized spacial score (nSPS) is 11.6. The van der Waals surface area contributed by atoms with Gasteiger partial charge in [0.05, 0.1) is 13.2 Å². The van der Waals surface area contributed by atoms with Gasteiger partial charge in [-0.2, -0.15) is 5.10 Å². The van der Waals surface area contributed by atoms with E-state index in [1.165, 1.54) is 19.2 Å². The number of amides is 1. The predicted octanol–water partition coefficient (Wildman–Crippen LogP) is 2.31. The number of methoxy groups -OCH3 is 1. The van der Waals surface area contributed by atoms with Crippen molar-refractivity contribution in [3.63, 3.8) is 0 Å². The third-order valence-electron chi connectivity index (χ3n) is 4.05. The number of aryl methyl sites for hydroxylation is 1. The first-order valence-electron chi connectivity index (χ1n) is 8.12. The molecule has 0 radical (unpaired) electrons. The highest BCUT2D eigenvalue weighted by atomic mass is 16.5. The van der Waals surface area contributed by atoms with Gasteiger partial charge in [-0.3, -0.25) is 9.59 Å². The van der Waals surface area contributed by atoms with Crippen molar-refractivity contribution >= 4 is 5.91 Å². The zero-order valence-corrected chi connectivity index (χ0v) is 14.5. The standard InChI is InChI=1S/C20H19N3O3/c1-23-18(24)13-12-17(22-23)20(25)21-19(14-6-4-3-5-7-14)15-8-10-16(26-2)11-9-15/h3-13,19H,1-2H3,(H,21,25)/t19-/m1/s1. The molecule has 1 heterocycles. The van der Waals surface area contributed by atoms with Crippen LogP contribution in [0.2, 0.25) is 0 Å². The summed E-state index contributed by atoms with van der Waals surface area (Å²) < 4.78 is 6.34. The summed E-state index contributed by atoms with van der Waals surface area (Å²) in [6.45, 7) is 0. The van der Waals surface area contributed by atoms with Crippen LogP contribution in [0.3, 0.4) is 0 Å². The molecule has 0 aliphatic rings. The van der Waals surface area contributed by atoms with E-state index in [0.29, 0.717) is 0 Å². The van der Waals surface area contributed by atoms with Crippen LogP contribution < -0.4 is 15.6 Å². The van der Waals surface area contributed by atoms with Crippen molar-refractivity contribution in [1.82, 2.24) is 15.1 Å². The number of aromatic nitrogens is 2. The second kappa shape index (κ2) is 7.65. The van der Waals surface area contributed by atoms with Crippen LogP contribution in [0.4, 0.5) is 0 Å². The zero-order valence-electron chi connectivity index (χ0n) is 14.5. The van der Waals surface area contributed by atoms with Gasteiger partial charge >= 0.3 is 0 Å². The Labute approximate surface area is 151 Å². The quantitative estimate of drug-likeness (QED) is 0.767. The van der Waals surface area contributed by atoms with E-state index >= 15 is 0 Å². The lowest BCUT2D eigenvalue weighted by Crippen LogP contribution is -2.32. The van der Waals surface area contributed by atoms with Crippen LogP contribution in [-0.4, -0.2) is 22.8 Å². The molecule has 132 valence electrons. The maximum absolute atomic E-state index is 12.7. The van der Waals surface area contributed by atoms with Gasteiger partial charge in [-0.1, -0.05) is 42.5 Å². The van der Waals surface area contributed by atoms with Crippen LogP contribution in [0, 0.1) is 0 Å². The minimum absolute atomic E-state index is 0.182.